The Bertz CT molecular complexity index is 501. The summed E-state index contributed by atoms with van der Waals surface area (Å²) >= 11 is 1.69. The lowest BCUT2D eigenvalue weighted by Crippen LogP contribution is -2.35. The van der Waals surface area contributed by atoms with E-state index < -0.39 is 0 Å². The summed E-state index contributed by atoms with van der Waals surface area (Å²) in [7, 11) is 0. The molecule has 0 atom stereocenters. The monoisotopic (exact) mass is 272 g/mol. The molecule has 1 aromatic carbocycles. The van der Waals surface area contributed by atoms with Gasteiger partial charge in [-0.05, 0) is 50.6 Å². The van der Waals surface area contributed by atoms with Gasteiger partial charge in [0.15, 0.2) is 0 Å². The molecule has 0 radical (unpaired) electrons. The lowest BCUT2D eigenvalue weighted by Gasteiger charge is -2.20. The van der Waals surface area contributed by atoms with Gasteiger partial charge in [-0.2, -0.15) is 0 Å². The number of benzene rings is 1. The summed E-state index contributed by atoms with van der Waals surface area (Å²) in [6, 6.07) is 14.6. The van der Waals surface area contributed by atoms with Crippen LogP contribution in [0.4, 0.5) is 0 Å². The molecule has 19 heavy (non-hydrogen) atoms. The highest BCUT2D eigenvalue weighted by molar-refractivity contribution is 7.99. The molecule has 1 heterocycles. The van der Waals surface area contributed by atoms with Crippen molar-refractivity contribution in [2.45, 2.75) is 42.8 Å². The van der Waals surface area contributed by atoms with E-state index in [2.05, 4.69) is 55.3 Å². The highest BCUT2D eigenvalue weighted by Crippen LogP contribution is 2.25. The van der Waals surface area contributed by atoms with Crippen LogP contribution in [0.3, 0.4) is 0 Å². The minimum Gasteiger partial charge on any atom is -0.308 e. The second-order valence-electron chi connectivity index (χ2n) is 5.52. The van der Waals surface area contributed by atoms with E-state index in [4.69, 9.17) is 0 Å². The highest BCUT2D eigenvalue weighted by atomic mass is 32.2. The van der Waals surface area contributed by atoms with Crippen LogP contribution in [0.15, 0.2) is 58.6 Å². The molecule has 0 amide bonds. The third kappa shape index (κ3) is 5.05. The van der Waals surface area contributed by atoms with Crippen molar-refractivity contribution in [1.82, 2.24) is 10.3 Å². The van der Waals surface area contributed by atoms with Gasteiger partial charge >= 0.3 is 0 Å². The molecule has 1 N–H and O–H groups in total. The molecule has 0 bridgehead atoms. The fourth-order valence-electron chi connectivity index (χ4n) is 1.57. The van der Waals surface area contributed by atoms with E-state index in [1.54, 1.807) is 11.8 Å². The first-order valence-electron chi connectivity index (χ1n) is 6.46. The van der Waals surface area contributed by atoms with Crippen LogP contribution in [0.2, 0.25) is 0 Å². The van der Waals surface area contributed by atoms with Gasteiger partial charge in [-0.25, -0.2) is 4.98 Å². The van der Waals surface area contributed by atoms with Gasteiger partial charge in [0.1, 0.15) is 5.03 Å². The van der Waals surface area contributed by atoms with Crippen LogP contribution in [0, 0.1) is 0 Å². The van der Waals surface area contributed by atoms with Crippen LogP contribution in [-0.2, 0) is 6.54 Å². The second kappa shape index (κ2) is 6.22. The van der Waals surface area contributed by atoms with Gasteiger partial charge in [-0.3, -0.25) is 0 Å². The van der Waals surface area contributed by atoms with E-state index in [0.717, 1.165) is 11.6 Å². The zero-order chi connectivity index (χ0) is 13.7. The molecule has 0 fully saturated rings. The molecule has 100 valence electrons. The average molecular weight is 272 g/mol. The number of aromatic nitrogens is 1. The topological polar surface area (TPSA) is 24.9 Å². The van der Waals surface area contributed by atoms with E-state index in [-0.39, 0.29) is 5.54 Å². The standard InChI is InChI=1S/C16H20N2S/c1-16(2,3)18-12-13-7-9-14(10-8-13)19-15-6-4-5-11-17-15/h4-11,18H,12H2,1-3H3. The maximum Gasteiger partial charge on any atom is 0.101 e. The molecule has 0 spiro atoms. The fourth-order valence-corrected chi connectivity index (χ4v) is 2.34. The largest absolute Gasteiger partial charge is 0.308 e. The first-order valence-corrected chi connectivity index (χ1v) is 7.27. The van der Waals surface area contributed by atoms with Crippen molar-refractivity contribution in [3.63, 3.8) is 0 Å². The van der Waals surface area contributed by atoms with Gasteiger partial charge in [0, 0.05) is 23.2 Å². The second-order valence-corrected chi connectivity index (χ2v) is 6.61. The van der Waals surface area contributed by atoms with Gasteiger partial charge in [-0.15, -0.1) is 0 Å². The lowest BCUT2D eigenvalue weighted by molar-refractivity contribution is 0.424. The third-order valence-electron chi connectivity index (χ3n) is 2.61. The Morgan fingerprint density at radius 1 is 1.05 bits per heavy atom. The van der Waals surface area contributed by atoms with Crippen molar-refractivity contribution >= 4 is 11.8 Å². The molecule has 2 nitrogen and oxygen atoms in total. The summed E-state index contributed by atoms with van der Waals surface area (Å²) in [4.78, 5) is 5.54. The van der Waals surface area contributed by atoms with Gasteiger partial charge < -0.3 is 5.32 Å². The Kier molecular flexibility index (Phi) is 4.61. The Morgan fingerprint density at radius 3 is 2.37 bits per heavy atom. The van der Waals surface area contributed by atoms with Crippen LogP contribution in [0.1, 0.15) is 26.3 Å². The van der Waals surface area contributed by atoms with Crippen LogP contribution < -0.4 is 5.32 Å². The van der Waals surface area contributed by atoms with Crippen molar-refractivity contribution in [3.8, 4) is 0 Å². The molecule has 0 aliphatic carbocycles. The normalized spacial score (nSPS) is 11.5. The first kappa shape index (κ1) is 14.1. The van der Waals surface area contributed by atoms with Crippen molar-refractivity contribution in [2.24, 2.45) is 0 Å². The molecule has 0 saturated heterocycles. The van der Waals surface area contributed by atoms with Gasteiger partial charge in [-0.1, -0.05) is 30.0 Å². The summed E-state index contributed by atoms with van der Waals surface area (Å²) in [6.45, 7) is 7.44. The molecule has 2 rings (SSSR count). The maximum absolute atomic E-state index is 4.32. The summed E-state index contributed by atoms with van der Waals surface area (Å²) in [5.41, 5.74) is 1.46. The quantitative estimate of drug-likeness (QED) is 0.906. The Morgan fingerprint density at radius 2 is 1.79 bits per heavy atom. The fraction of sp³-hybridized carbons (Fsp3) is 0.312. The smallest absolute Gasteiger partial charge is 0.101 e. The van der Waals surface area contributed by atoms with Crippen LogP contribution >= 0.6 is 11.8 Å². The molecule has 0 aliphatic heterocycles. The van der Waals surface area contributed by atoms with Crippen LogP contribution in [0.5, 0.6) is 0 Å². The molecule has 2 aromatic rings. The first-order chi connectivity index (χ1) is 9.03. The summed E-state index contributed by atoms with van der Waals surface area (Å²) in [5.74, 6) is 0. The van der Waals surface area contributed by atoms with E-state index in [1.165, 1.54) is 10.5 Å². The zero-order valence-electron chi connectivity index (χ0n) is 11.7. The summed E-state index contributed by atoms with van der Waals surface area (Å²) in [5, 5.41) is 4.52. The van der Waals surface area contributed by atoms with Crippen LogP contribution in [-0.4, -0.2) is 10.5 Å². The highest BCUT2D eigenvalue weighted by Gasteiger charge is 2.08. The number of nitrogens with zero attached hydrogens (tertiary/aromatic N) is 1. The number of rotatable bonds is 4. The Labute approximate surface area is 119 Å². The Hall–Kier alpha value is -1.32. The maximum atomic E-state index is 4.32. The summed E-state index contributed by atoms with van der Waals surface area (Å²) < 4.78 is 0. The minimum absolute atomic E-state index is 0.154. The van der Waals surface area contributed by atoms with E-state index in [9.17, 15) is 0 Å². The molecule has 1 aromatic heterocycles. The lowest BCUT2D eigenvalue weighted by atomic mass is 10.1. The van der Waals surface area contributed by atoms with Crippen molar-refractivity contribution in [1.29, 1.82) is 0 Å². The van der Waals surface area contributed by atoms with Crippen molar-refractivity contribution in [3.05, 3.63) is 54.2 Å². The SMILES string of the molecule is CC(C)(C)NCc1ccc(Sc2ccccn2)cc1. The molecule has 0 saturated carbocycles. The molecule has 0 aliphatic rings. The van der Waals surface area contributed by atoms with Crippen LogP contribution in [0.25, 0.3) is 0 Å². The van der Waals surface area contributed by atoms with Crippen molar-refractivity contribution in [2.75, 3.05) is 0 Å². The molecular formula is C16H20N2S. The molecule has 3 heteroatoms. The molecular weight excluding hydrogens is 252 g/mol. The average Bonchev–Trinajstić information content (AvgIpc) is 2.38. The number of pyridine rings is 1. The van der Waals surface area contributed by atoms with Crippen molar-refractivity contribution < 1.29 is 0 Å². The van der Waals surface area contributed by atoms with E-state index >= 15 is 0 Å². The predicted molar refractivity (Wildman–Crippen MR) is 81.4 cm³/mol. The molecule has 0 unspecified atom stereocenters. The van der Waals surface area contributed by atoms with Gasteiger partial charge in [0.2, 0.25) is 0 Å². The predicted octanol–water partition coefficient (Wildman–Crippen LogP) is 4.12. The Balaban J connectivity index is 1.95. The third-order valence-corrected chi connectivity index (χ3v) is 3.56. The minimum atomic E-state index is 0.154. The number of hydrogen-bond donors (Lipinski definition) is 1. The zero-order valence-corrected chi connectivity index (χ0v) is 12.5. The van der Waals surface area contributed by atoms with Gasteiger partial charge in [0.05, 0.1) is 0 Å². The number of hydrogen-bond acceptors (Lipinski definition) is 3. The van der Waals surface area contributed by atoms with E-state index in [0.29, 0.717) is 0 Å². The number of nitrogens with one attached hydrogen (secondary N) is 1. The summed E-state index contributed by atoms with van der Waals surface area (Å²) in [6.07, 6.45) is 1.82. The van der Waals surface area contributed by atoms with Gasteiger partial charge in [0.25, 0.3) is 0 Å². The van der Waals surface area contributed by atoms with E-state index in [1.807, 2.05) is 24.4 Å².